The molecule has 172 valence electrons. The Kier molecular flexibility index (Phi) is 7.10. The summed E-state index contributed by atoms with van der Waals surface area (Å²) in [5.41, 5.74) is 2.23. The third-order valence-electron chi connectivity index (χ3n) is 7.26. The maximum atomic E-state index is 12.5. The predicted octanol–water partition coefficient (Wildman–Crippen LogP) is 5.51. The van der Waals surface area contributed by atoms with Crippen molar-refractivity contribution in [2.75, 3.05) is 31.5 Å². The molecule has 2 heterocycles. The number of hydrogen-bond acceptors (Lipinski definition) is 4. The monoisotopic (exact) mass is 427 g/mol. The van der Waals surface area contributed by atoms with Gasteiger partial charge in [-0.2, -0.15) is 0 Å². The maximum Gasteiger partial charge on any atom is 0.410 e. The van der Waals surface area contributed by atoms with E-state index in [1.54, 1.807) is 0 Å². The van der Waals surface area contributed by atoms with Gasteiger partial charge >= 0.3 is 6.09 Å². The van der Waals surface area contributed by atoms with Gasteiger partial charge in [0, 0.05) is 31.4 Å². The molecule has 2 saturated heterocycles. The molecule has 3 atom stereocenters. The highest BCUT2D eigenvalue weighted by molar-refractivity contribution is 5.68. The summed E-state index contributed by atoms with van der Waals surface area (Å²) in [5.74, 6) is 1.26. The summed E-state index contributed by atoms with van der Waals surface area (Å²) in [6.07, 6.45) is 8.56. The van der Waals surface area contributed by atoms with E-state index in [-0.39, 0.29) is 6.09 Å². The van der Waals surface area contributed by atoms with Crippen LogP contribution in [0.15, 0.2) is 24.3 Å². The van der Waals surface area contributed by atoms with Crippen LogP contribution in [0.2, 0.25) is 0 Å². The van der Waals surface area contributed by atoms with E-state index in [0.717, 1.165) is 32.5 Å². The van der Waals surface area contributed by atoms with Crippen LogP contribution < -0.4 is 5.32 Å². The van der Waals surface area contributed by atoms with Gasteiger partial charge in [0.2, 0.25) is 0 Å². The second kappa shape index (κ2) is 9.81. The molecule has 2 bridgehead atoms. The molecule has 3 aliphatic rings. The summed E-state index contributed by atoms with van der Waals surface area (Å²) < 4.78 is 5.62. The number of benzene rings is 1. The van der Waals surface area contributed by atoms with Crippen molar-refractivity contribution < 1.29 is 9.53 Å². The molecule has 1 saturated carbocycles. The van der Waals surface area contributed by atoms with Gasteiger partial charge in [0.15, 0.2) is 0 Å². The van der Waals surface area contributed by atoms with Crippen LogP contribution in [0, 0.1) is 11.8 Å². The van der Waals surface area contributed by atoms with E-state index in [1.807, 2.05) is 25.7 Å². The first-order valence-electron chi connectivity index (χ1n) is 12.4. The van der Waals surface area contributed by atoms with E-state index in [1.165, 1.54) is 56.4 Å². The summed E-state index contributed by atoms with van der Waals surface area (Å²) in [4.78, 5) is 17.1. The van der Waals surface area contributed by atoms with Crippen molar-refractivity contribution in [2.45, 2.75) is 83.9 Å². The number of hydrogen-bond donors (Lipinski definition) is 1. The fourth-order valence-electron chi connectivity index (χ4n) is 5.59. The van der Waals surface area contributed by atoms with Gasteiger partial charge in [-0.05, 0) is 102 Å². The van der Waals surface area contributed by atoms with Crippen LogP contribution in [0.4, 0.5) is 10.5 Å². The molecule has 4 rings (SSSR count). The van der Waals surface area contributed by atoms with E-state index in [0.29, 0.717) is 17.9 Å². The number of amides is 1. The molecule has 5 nitrogen and oxygen atoms in total. The lowest BCUT2D eigenvalue weighted by Gasteiger charge is -2.34. The summed E-state index contributed by atoms with van der Waals surface area (Å²) in [6.45, 7) is 11.0. The smallest absolute Gasteiger partial charge is 0.410 e. The number of anilines is 1. The van der Waals surface area contributed by atoms with E-state index in [9.17, 15) is 4.79 Å². The predicted molar refractivity (Wildman–Crippen MR) is 126 cm³/mol. The van der Waals surface area contributed by atoms with E-state index in [4.69, 9.17) is 4.74 Å². The van der Waals surface area contributed by atoms with Gasteiger partial charge < -0.3 is 15.0 Å². The van der Waals surface area contributed by atoms with Crippen LogP contribution >= 0.6 is 0 Å². The van der Waals surface area contributed by atoms with Gasteiger partial charge in [0.25, 0.3) is 0 Å². The molecule has 3 fully saturated rings. The topological polar surface area (TPSA) is 44.8 Å². The molecular formula is C26H41N3O2. The summed E-state index contributed by atoms with van der Waals surface area (Å²) in [6, 6.07) is 9.65. The zero-order valence-electron chi connectivity index (χ0n) is 19.7. The van der Waals surface area contributed by atoms with Crippen LogP contribution in [0.25, 0.3) is 0 Å². The van der Waals surface area contributed by atoms with Gasteiger partial charge in [0.05, 0.1) is 0 Å². The van der Waals surface area contributed by atoms with E-state index in [2.05, 4.69) is 34.5 Å². The third-order valence-corrected chi connectivity index (χ3v) is 7.26. The number of carbonyl (C=O) groups excluding carboxylic acids is 1. The van der Waals surface area contributed by atoms with E-state index < -0.39 is 5.60 Å². The lowest BCUT2D eigenvalue weighted by atomic mass is 9.90. The molecule has 1 aromatic carbocycles. The van der Waals surface area contributed by atoms with Crippen molar-refractivity contribution in [3.8, 4) is 0 Å². The maximum absolute atomic E-state index is 12.5. The highest BCUT2D eigenvalue weighted by Crippen LogP contribution is 2.39. The average molecular weight is 428 g/mol. The van der Waals surface area contributed by atoms with E-state index >= 15 is 0 Å². The van der Waals surface area contributed by atoms with Crippen molar-refractivity contribution in [2.24, 2.45) is 11.8 Å². The molecule has 0 aromatic heterocycles. The first-order chi connectivity index (χ1) is 14.9. The number of rotatable bonds is 4. The summed E-state index contributed by atoms with van der Waals surface area (Å²) in [7, 11) is 0. The molecule has 1 aromatic rings. The zero-order chi connectivity index (χ0) is 21.8. The Morgan fingerprint density at radius 3 is 2.13 bits per heavy atom. The summed E-state index contributed by atoms with van der Waals surface area (Å²) in [5, 5.41) is 3.88. The minimum atomic E-state index is -0.428. The molecule has 1 amide bonds. The highest BCUT2D eigenvalue weighted by atomic mass is 16.6. The fraction of sp³-hybridized carbons (Fsp3) is 0.731. The third kappa shape index (κ3) is 6.15. The molecule has 2 aliphatic heterocycles. The Labute approximate surface area is 188 Å². The highest BCUT2D eigenvalue weighted by Gasteiger charge is 2.38. The second-order valence-corrected chi connectivity index (χ2v) is 10.8. The van der Waals surface area contributed by atoms with Crippen LogP contribution in [-0.2, 0) is 11.3 Å². The average Bonchev–Trinajstić information content (AvgIpc) is 3.14. The first kappa shape index (κ1) is 22.4. The minimum Gasteiger partial charge on any atom is -0.444 e. The molecule has 1 aliphatic carbocycles. The number of ether oxygens (including phenoxy) is 1. The second-order valence-electron chi connectivity index (χ2n) is 10.8. The van der Waals surface area contributed by atoms with Crippen molar-refractivity contribution in [3.63, 3.8) is 0 Å². The Morgan fingerprint density at radius 1 is 0.935 bits per heavy atom. The first-order valence-corrected chi connectivity index (χ1v) is 12.4. The SMILES string of the molecule is CC(C)(C)OC(=O)N1CCC2CC[C@@H](CC1)C2Nc1ccc(CN2CCCCC2)cc1. The van der Waals surface area contributed by atoms with Crippen molar-refractivity contribution >= 4 is 11.8 Å². The van der Waals surface area contributed by atoms with Gasteiger partial charge in [-0.15, -0.1) is 0 Å². The molecule has 5 heteroatoms. The molecule has 2 unspecified atom stereocenters. The molecular weight excluding hydrogens is 386 g/mol. The van der Waals surface area contributed by atoms with Gasteiger partial charge in [-0.1, -0.05) is 18.6 Å². The normalized spacial score (nSPS) is 27.5. The van der Waals surface area contributed by atoms with Crippen LogP contribution in [-0.4, -0.2) is 53.7 Å². The van der Waals surface area contributed by atoms with Gasteiger partial charge in [-0.3, -0.25) is 4.90 Å². The Hall–Kier alpha value is -1.75. The summed E-state index contributed by atoms with van der Waals surface area (Å²) >= 11 is 0. The quantitative estimate of drug-likeness (QED) is 0.688. The Bertz CT molecular complexity index is 705. The largest absolute Gasteiger partial charge is 0.444 e. The lowest BCUT2D eigenvalue weighted by molar-refractivity contribution is 0.0218. The number of piperidine rings is 1. The minimum absolute atomic E-state index is 0.150. The Morgan fingerprint density at radius 2 is 1.55 bits per heavy atom. The lowest BCUT2D eigenvalue weighted by Crippen LogP contribution is -2.43. The van der Waals surface area contributed by atoms with Crippen LogP contribution in [0.1, 0.15) is 71.3 Å². The van der Waals surface area contributed by atoms with Crippen LogP contribution in [0.3, 0.4) is 0 Å². The van der Waals surface area contributed by atoms with Crippen LogP contribution in [0.5, 0.6) is 0 Å². The number of nitrogens with zero attached hydrogens (tertiary/aromatic N) is 2. The molecule has 0 spiro atoms. The van der Waals surface area contributed by atoms with Crippen molar-refractivity contribution in [1.29, 1.82) is 0 Å². The standard InChI is InChI=1S/C26H41N3O2/c1-26(2,3)31-25(30)29-17-13-21-9-10-22(14-18-29)24(21)27-23-11-7-20(8-12-23)19-28-15-5-4-6-16-28/h7-8,11-12,21-22,24,27H,4-6,9-10,13-19H2,1-3H3/t21-,22?,24?/m0/s1. The van der Waals surface area contributed by atoms with Crippen molar-refractivity contribution in [1.82, 2.24) is 9.80 Å². The van der Waals surface area contributed by atoms with Gasteiger partial charge in [-0.25, -0.2) is 4.79 Å². The van der Waals surface area contributed by atoms with Gasteiger partial charge in [0.1, 0.15) is 5.60 Å². The Balaban J connectivity index is 1.32. The number of nitrogens with one attached hydrogen (secondary N) is 1. The fourth-order valence-corrected chi connectivity index (χ4v) is 5.59. The van der Waals surface area contributed by atoms with Crippen molar-refractivity contribution in [3.05, 3.63) is 29.8 Å². The molecule has 31 heavy (non-hydrogen) atoms. The number of likely N-dealkylation sites (tertiary alicyclic amines) is 2. The number of fused-ring (bicyclic) bond motifs is 2. The molecule has 1 N–H and O–H groups in total. The number of carbonyl (C=O) groups is 1. The zero-order valence-corrected chi connectivity index (χ0v) is 19.7. The molecule has 0 radical (unpaired) electrons.